The van der Waals surface area contributed by atoms with Gasteiger partial charge in [-0.3, -0.25) is 4.98 Å². The van der Waals surface area contributed by atoms with Gasteiger partial charge in [0.25, 0.3) is 0 Å². The van der Waals surface area contributed by atoms with Gasteiger partial charge in [0.15, 0.2) is 0 Å². The topological polar surface area (TPSA) is 65.8 Å². The van der Waals surface area contributed by atoms with Gasteiger partial charge < -0.3 is 19.8 Å². The lowest BCUT2D eigenvalue weighted by Crippen LogP contribution is -2.46. The van der Waals surface area contributed by atoms with E-state index >= 15 is 0 Å². The SMILES string of the molecule is CC(C)(C)c1ccc(OCC(O)CN2CCC(O)(c3cncc4ccccc34)CC2)cc1. The first-order valence-electron chi connectivity index (χ1n) is 11.4. The fourth-order valence-electron chi connectivity index (χ4n) is 4.46. The maximum absolute atomic E-state index is 11.4. The zero-order chi connectivity index (χ0) is 22.8. The maximum Gasteiger partial charge on any atom is 0.119 e. The summed E-state index contributed by atoms with van der Waals surface area (Å²) in [6.45, 7) is 8.77. The van der Waals surface area contributed by atoms with Crippen molar-refractivity contribution in [2.75, 3.05) is 26.2 Å². The highest BCUT2D eigenvalue weighted by Gasteiger charge is 2.35. The molecular formula is C27H34N2O3. The van der Waals surface area contributed by atoms with E-state index in [1.54, 1.807) is 6.20 Å². The van der Waals surface area contributed by atoms with Gasteiger partial charge in [-0.1, -0.05) is 57.2 Å². The van der Waals surface area contributed by atoms with Crippen LogP contribution in [0.1, 0.15) is 44.7 Å². The van der Waals surface area contributed by atoms with Crippen LogP contribution in [0.15, 0.2) is 60.9 Å². The Bertz CT molecular complexity index is 1030. The van der Waals surface area contributed by atoms with Gasteiger partial charge in [-0.2, -0.15) is 0 Å². The van der Waals surface area contributed by atoms with Gasteiger partial charge in [-0.25, -0.2) is 0 Å². The van der Waals surface area contributed by atoms with Crippen molar-refractivity contribution in [2.45, 2.75) is 50.7 Å². The lowest BCUT2D eigenvalue weighted by Gasteiger charge is -2.39. The van der Waals surface area contributed by atoms with Crippen LogP contribution in [0.3, 0.4) is 0 Å². The summed E-state index contributed by atoms with van der Waals surface area (Å²) in [6, 6.07) is 16.1. The molecule has 170 valence electrons. The Balaban J connectivity index is 1.30. The summed E-state index contributed by atoms with van der Waals surface area (Å²) in [5, 5.41) is 24.0. The number of hydrogen-bond acceptors (Lipinski definition) is 5. The number of benzene rings is 2. The van der Waals surface area contributed by atoms with Crippen LogP contribution in [-0.4, -0.2) is 52.4 Å². The zero-order valence-corrected chi connectivity index (χ0v) is 19.3. The number of pyridine rings is 1. The molecular weight excluding hydrogens is 400 g/mol. The van der Waals surface area contributed by atoms with Crippen LogP contribution < -0.4 is 4.74 Å². The quantitative estimate of drug-likeness (QED) is 0.607. The van der Waals surface area contributed by atoms with Gasteiger partial charge >= 0.3 is 0 Å². The fraction of sp³-hybridized carbons (Fsp3) is 0.444. The molecule has 1 aromatic heterocycles. The molecule has 2 N–H and O–H groups in total. The van der Waals surface area contributed by atoms with E-state index in [0.29, 0.717) is 19.4 Å². The second-order valence-corrected chi connectivity index (χ2v) is 9.98. The van der Waals surface area contributed by atoms with Crippen molar-refractivity contribution in [1.82, 2.24) is 9.88 Å². The first-order chi connectivity index (χ1) is 15.2. The summed E-state index contributed by atoms with van der Waals surface area (Å²) < 4.78 is 5.80. The number of aliphatic hydroxyl groups excluding tert-OH is 1. The molecule has 1 atom stereocenters. The lowest BCUT2D eigenvalue weighted by atomic mass is 9.83. The van der Waals surface area contributed by atoms with Crippen molar-refractivity contribution in [3.8, 4) is 5.75 Å². The third-order valence-corrected chi connectivity index (χ3v) is 6.48. The van der Waals surface area contributed by atoms with Crippen LogP contribution >= 0.6 is 0 Å². The molecule has 4 rings (SSSR count). The molecule has 1 aliphatic rings. The van der Waals surface area contributed by atoms with Gasteiger partial charge in [0.1, 0.15) is 18.5 Å². The van der Waals surface area contributed by atoms with Crippen LogP contribution in [0.25, 0.3) is 10.8 Å². The van der Waals surface area contributed by atoms with E-state index in [2.05, 4.69) is 42.8 Å². The number of fused-ring (bicyclic) bond motifs is 1. The molecule has 2 aromatic carbocycles. The van der Waals surface area contributed by atoms with Crippen molar-refractivity contribution < 1.29 is 14.9 Å². The zero-order valence-electron chi connectivity index (χ0n) is 19.3. The van der Waals surface area contributed by atoms with Crippen LogP contribution in [0, 0.1) is 0 Å². The number of rotatable bonds is 6. The van der Waals surface area contributed by atoms with Crippen LogP contribution in [0.4, 0.5) is 0 Å². The Hall–Kier alpha value is -2.47. The van der Waals surface area contributed by atoms with Crippen molar-refractivity contribution in [3.05, 3.63) is 72.1 Å². The summed E-state index contributed by atoms with van der Waals surface area (Å²) in [7, 11) is 0. The second-order valence-electron chi connectivity index (χ2n) is 9.98. The Labute approximate surface area is 190 Å². The Kier molecular flexibility index (Phi) is 6.52. The average Bonchev–Trinajstić information content (AvgIpc) is 2.79. The fourth-order valence-corrected chi connectivity index (χ4v) is 4.46. The lowest BCUT2D eigenvalue weighted by molar-refractivity contribution is -0.0364. The molecule has 1 saturated heterocycles. The molecule has 5 nitrogen and oxygen atoms in total. The Morgan fingerprint density at radius 2 is 1.72 bits per heavy atom. The summed E-state index contributed by atoms with van der Waals surface area (Å²) in [5.41, 5.74) is 1.38. The van der Waals surface area contributed by atoms with Gasteiger partial charge in [0.2, 0.25) is 0 Å². The second kappa shape index (κ2) is 9.18. The highest BCUT2D eigenvalue weighted by atomic mass is 16.5. The van der Waals surface area contributed by atoms with Crippen LogP contribution in [-0.2, 0) is 11.0 Å². The van der Waals surface area contributed by atoms with Crippen molar-refractivity contribution in [2.24, 2.45) is 0 Å². The minimum absolute atomic E-state index is 0.107. The molecule has 2 heterocycles. The molecule has 32 heavy (non-hydrogen) atoms. The van der Waals surface area contributed by atoms with Crippen molar-refractivity contribution in [3.63, 3.8) is 0 Å². The van der Waals surface area contributed by atoms with Crippen molar-refractivity contribution >= 4 is 10.8 Å². The number of hydrogen-bond donors (Lipinski definition) is 2. The maximum atomic E-state index is 11.4. The Morgan fingerprint density at radius 3 is 2.41 bits per heavy atom. The normalized spacial score (nSPS) is 17.9. The number of piperidine rings is 1. The first-order valence-corrected chi connectivity index (χ1v) is 11.4. The molecule has 1 unspecified atom stereocenters. The summed E-state index contributed by atoms with van der Waals surface area (Å²) in [6.07, 6.45) is 4.29. The first kappa shape index (κ1) is 22.7. The number of likely N-dealkylation sites (tertiary alicyclic amines) is 1. The molecule has 1 aliphatic heterocycles. The standard InChI is InChI=1S/C27H34N2O3/c1-26(2,3)21-8-10-23(11-9-21)32-19-22(30)18-29-14-12-27(31,13-15-29)25-17-28-16-20-6-4-5-7-24(20)25/h4-11,16-17,22,30-31H,12-15,18-19H2,1-3H3. The highest BCUT2D eigenvalue weighted by molar-refractivity contribution is 5.85. The van der Waals surface area contributed by atoms with E-state index in [9.17, 15) is 10.2 Å². The molecule has 0 amide bonds. The van der Waals surface area contributed by atoms with E-state index in [1.165, 1.54) is 5.56 Å². The predicted octanol–water partition coefficient (Wildman–Crippen LogP) is 4.26. The van der Waals surface area contributed by atoms with Gasteiger partial charge in [-0.15, -0.1) is 0 Å². The molecule has 1 fully saturated rings. The summed E-state index contributed by atoms with van der Waals surface area (Å²) in [5.74, 6) is 0.772. The third-order valence-electron chi connectivity index (χ3n) is 6.48. The molecule has 5 heteroatoms. The number of β-amino-alcohol motifs (C(OH)–C–C–N with tert-alkyl or cyclic N) is 1. The molecule has 3 aromatic rings. The van der Waals surface area contributed by atoms with E-state index in [4.69, 9.17) is 4.74 Å². The van der Waals surface area contributed by atoms with Crippen LogP contribution in [0.5, 0.6) is 5.75 Å². The number of aliphatic hydroxyl groups is 2. The van der Waals surface area contributed by atoms with Crippen LogP contribution in [0.2, 0.25) is 0 Å². The van der Waals surface area contributed by atoms with E-state index in [1.807, 2.05) is 42.6 Å². The molecule has 0 bridgehead atoms. The highest BCUT2D eigenvalue weighted by Crippen LogP contribution is 2.36. The minimum atomic E-state index is -0.888. The summed E-state index contributed by atoms with van der Waals surface area (Å²) in [4.78, 5) is 6.54. The average molecular weight is 435 g/mol. The molecule has 0 radical (unpaired) electrons. The minimum Gasteiger partial charge on any atom is -0.491 e. The Morgan fingerprint density at radius 1 is 1.03 bits per heavy atom. The van der Waals surface area contributed by atoms with Crippen molar-refractivity contribution in [1.29, 1.82) is 0 Å². The molecule has 0 aliphatic carbocycles. The molecule has 0 spiro atoms. The molecule has 0 saturated carbocycles. The van der Waals surface area contributed by atoms with Gasteiger partial charge in [-0.05, 0) is 41.3 Å². The monoisotopic (exact) mass is 434 g/mol. The smallest absolute Gasteiger partial charge is 0.119 e. The predicted molar refractivity (Wildman–Crippen MR) is 128 cm³/mol. The van der Waals surface area contributed by atoms with E-state index < -0.39 is 11.7 Å². The number of aromatic nitrogens is 1. The van der Waals surface area contributed by atoms with E-state index in [0.717, 1.165) is 35.2 Å². The van der Waals surface area contributed by atoms with E-state index in [-0.39, 0.29) is 12.0 Å². The number of ether oxygens (including phenoxy) is 1. The number of nitrogens with zero attached hydrogens (tertiary/aromatic N) is 2. The largest absolute Gasteiger partial charge is 0.491 e. The summed E-state index contributed by atoms with van der Waals surface area (Å²) >= 11 is 0. The van der Waals surface area contributed by atoms with Gasteiger partial charge in [0.05, 0.1) is 5.60 Å². The van der Waals surface area contributed by atoms with Gasteiger partial charge in [0, 0.05) is 43.0 Å². The third kappa shape index (κ3) is 5.12.